The van der Waals surface area contributed by atoms with Gasteiger partial charge in [0.1, 0.15) is 0 Å². The number of rotatable bonds is 3. The molecule has 0 saturated carbocycles. The third kappa shape index (κ3) is 4.23. The van der Waals surface area contributed by atoms with Gasteiger partial charge in [-0.2, -0.15) is 0 Å². The molecular weight excluding hydrogens is 502 g/mol. The zero-order chi connectivity index (χ0) is 18.4. The van der Waals surface area contributed by atoms with Gasteiger partial charge in [-0.25, -0.2) is 0 Å². The first-order valence-corrected chi connectivity index (χ1v) is 29.0. The Hall–Kier alpha value is 0.0374. The Labute approximate surface area is 157 Å². The SMILES string of the molecule is Cc1cc(-c2cc(C)c(C)c[c]2[Sn]([CH3])([CH3])[CH3])[c]([Sn]([CH3])([CH3])[CH3])cc1C. The average Bonchev–Trinajstić information content (AvgIpc) is 2.41. The van der Waals surface area contributed by atoms with Crippen LogP contribution >= 0.6 is 0 Å². The van der Waals surface area contributed by atoms with Crippen LogP contribution < -0.4 is 7.16 Å². The molecular formula is C22H34Sn2. The Balaban J connectivity index is 2.91. The van der Waals surface area contributed by atoms with E-state index < -0.39 is 36.8 Å². The molecule has 0 N–H and O–H groups in total. The first-order chi connectivity index (χ1) is 10.8. The Kier molecular flexibility index (Phi) is 5.92. The van der Waals surface area contributed by atoms with E-state index in [1.165, 1.54) is 22.3 Å². The van der Waals surface area contributed by atoms with Crippen molar-refractivity contribution in [1.29, 1.82) is 0 Å². The van der Waals surface area contributed by atoms with Crippen molar-refractivity contribution in [3.05, 3.63) is 46.5 Å². The minimum absolute atomic E-state index is 1.43. The second kappa shape index (κ2) is 6.98. The van der Waals surface area contributed by atoms with Crippen LogP contribution in [0.2, 0.25) is 29.6 Å². The summed E-state index contributed by atoms with van der Waals surface area (Å²) in [6.07, 6.45) is 0. The molecule has 0 aliphatic heterocycles. The summed E-state index contributed by atoms with van der Waals surface area (Å²) in [7, 11) is 0. The number of aryl methyl sites for hydroxylation is 4. The molecule has 2 aromatic rings. The molecule has 0 radical (unpaired) electrons. The van der Waals surface area contributed by atoms with E-state index in [-0.39, 0.29) is 0 Å². The first-order valence-electron chi connectivity index (χ1n) is 9.06. The summed E-state index contributed by atoms with van der Waals surface area (Å²) in [5, 5.41) is 0. The van der Waals surface area contributed by atoms with Crippen molar-refractivity contribution in [1.82, 2.24) is 0 Å². The fourth-order valence-corrected chi connectivity index (χ4v) is 12.8. The van der Waals surface area contributed by atoms with E-state index >= 15 is 0 Å². The summed E-state index contributed by atoms with van der Waals surface area (Å²) in [5.74, 6) is 0. The zero-order valence-corrected chi connectivity index (χ0v) is 23.0. The Morgan fingerprint density at radius 3 is 0.958 bits per heavy atom. The van der Waals surface area contributed by atoms with Gasteiger partial charge < -0.3 is 0 Å². The fourth-order valence-electron chi connectivity index (χ4n) is 3.32. The maximum absolute atomic E-state index is 2.55. The normalized spacial score (nSPS) is 12.6. The van der Waals surface area contributed by atoms with E-state index in [4.69, 9.17) is 0 Å². The molecule has 0 bridgehead atoms. The Bertz CT molecular complexity index is 705. The van der Waals surface area contributed by atoms with Crippen LogP contribution in [0.1, 0.15) is 22.3 Å². The summed E-state index contributed by atoms with van der Waals surface area (Å²) in [6, 6.07) is 9.99. The zero-order valence-electron chi connectivity index (χ0n) is 17.3. The second-order valence-electron chi connectivity index (χ2n) is 9.46. The van der Waals surface area contributed by atoms with Crippen LogP contribution in [-0.4, -0.2) is 36.8 Å². The van der Waals surface area contributed by atoms with Gasteiger partial charge in [-0.3, -0.25) is 0 Å². The third-order valence-electron chi connectivity index (χ3n) is 5.17. The van der Waals surface area contributed by atoms with E-state index in [1.807, 2.05) is 0 Å². The quantitative estimate of drug-likeness (QED) is 0.444. The molecule has 0 saturated heterocycles. The summed E-state index contributed by atoms with van der Waals surface area (Å²) >= 11 is -4.40. The van der Waals surface area contributed by atoms with Gasteiger partial charge in [0.2, 0.25) is 0 Å². The summed E-state index contributed by atoms with van der Waals surface area (Å²) in [4.78, 5) is 15.3. The minimum atomic E-state index is -2.20. The first kappa shape index (κ1) is 20.4. The Morgan fingerprint density at radius 2 is 0.708 bits per heavy atom. The predicted molar refractivity (Wildman–Crippen MR) is 117 cm³/mol. The van der Waals surface area contributed by atoms with Gasteiger partial charge >= 0.3 is 159 Å². The molecule has 0 spiro atoms. The van der Waals surface area contributed by atoms with Crippen molar-refractivity contribution >= 4 is 43.9 Å². The van der Waals surface area contributed by atoms with Gasteiger partial charge in [-0.05, 0) is 0 Å². The predicted octanol–water partition coefficient (Wildman–Crippen LogP) is 5.68. The van der Waals surface area contributed by atoms with Gasteiger partial charge in [0.25, 0.3) is 0 Å². The standard InChI is InChI=1S/C16H16.6CH3.2Sn/c1-11-5-7-15(9-13(11)3)16-8-6-12(2)14(4)10-16;;;;;;;;/h5-6,9-10H,1-4H3;6*1H3;;. The molecule has 0 amide bonds. The Morgan fingerprint density at radius 1 is 0.458 bits per heavy atom. The van der Waals surface area contributed by atoms with Crippen LogP contribution in [0.5, 0.6) is 0 Å². The number of benzene rings is 2. The van der Waals surface area contributed by atoms with Crippen LogP contribution in [0.3, 0.4) is 0 Å². The van der Waals surface area contributed by atoms with Crippen LogP contribution in [0.4, 0.5) is 0 Å². The third-order valence-corrected chi connectivity index (χ3v) is 16.8. The maximum atomic E-state index is 2.55. The molecule has 130 valence electrons. The molecule has 0 unspecified atom stereocenters. The molecule has 0 aromatic heterocycles. The molecule has 2 heteroatoms. The molecule has 0 atom stereocenters. The van der Waals surface area contributed by atoms with Crippen molar-refractivity contribution in [2.24, 2.45) is 0 Å². The van der Waals surface area contributed by atoms with Gasteiger partial charge in [-0.15, -0.1) is 0 Å². The van der Waals surface area contributed by atoms with E-state index in [9.17, 15) is 0 Å². The van der Waals surface area contributed by atoms with Crippen LogP contribution in [0.15, 0.2) is 24.3 Å². The summed E-state index contributed by atoms with van der Waals surface area (Å²) in [6.45, 7) is 9.07. The fraction of sp³-hybridized carbons (Fsp3) is 0.455. The van der Waals surface area contributed by atoms with Crippen LogP contribution in [0, 0.1) is 27.7 Å². The van der Waals surface area contributed by atoms with Crippen molar-refractivity contribution in [3.8, 4) is 11.1 Å². The van der Waals surface area contributed by atoms with Gasteiger partial charge in [0.15, 0.2) is 0 Å². The molecule has 2 aromatic carbocycles. The molecule has 0 aliphatic carbocycles. The number of hydrogen-bond donors (Lipinski definition) is 0. The molecule has 0 fully saturated rings. The molecule has 0 heterocycles. The molecule has 24 heavy (non-hydrogen) atoms. The van der Waals surface area contributed by atoms with Crippen LogP contribution in [-0.2, 0) is 0 Å². The van der Waals surface area contributed by atoms with Crippen molar-refractivity contribution in [2.45, 2.75) is 57.3 Å². The molecule has 0 nitrogen and oxygen atoms in total. The number of hydrogen-bond acceptors (Lipinski definition) is 0. The van der Waals surface area contributed by atoms with E-state index in [2.05, 4.69) is 81.6 Å². The van der Waals surface area contributed by atoms with Gasteiger partial charge in [0.05, 0.1) is 0 Å². The van der Waals surface area contributed by atoms with Crippen molar-refractivity contribution < 1.29 is 0 Å². The topological polar surface area (TPSA) is 0 Å². The van der Waals surface area contributed by atoms with E-state index in [0.29, 0.717) is 0 Å². The summed E-state index contributed by atoms with van der Waals surface area (Å²) in [5.41, 5.74) is 8.85. The average molecular weight is 536 g/mol. The van der Waals surface area contributed by atoms with Crippen molar-refractivity contribution in [3.63, 3.8) is 0 Å². The van der Waals surface area contributed by atoms with Crippen molar-refractivity contribution in [2.75, 3.05) is 0 Å². The molecule has 2 rings (SSSR count). The van der Waals surface area contributed by atoms with Gasteiger partial charge in [0, 0.05) is 0 Å². The van der Waals surface area contributed by atoms with E-state index in [0.717, 1.165) is 0 Å². The molecule has 0 aliphatic rings. The summed E-state index contributed by atoms with van der Waals surface area (Å²) < 4.78 is 3.37. The second-order valence-corrected chi connectivity index (χ2v) is 38.2. The monoisotopic (exact) mass is 538 g/mol. The van der Waals surface area contributed by atoms with Gasteiger partial charge in [-0.1, -0.05) is 0 Å². The van der Waals surface area contributed by atoms with E-state index in [1.54, 1.807) is 18.3 Å². The van der Waals surface area contributed by atoms with Crippen LogP contribution in [0.25, 0.3) is 11.1 Å².